The Morgan fingerprint density at radius 2 is 1.82 bits per heavy atom. The summed E-state index contributed by atoms with van der Waals surface area (Å²) in [5.41, 5.74) is 0. The summed E-state index contributed by atoms with van der Waals surface area (Å²) in [6.07, 6.45) is 0. The van der Waals surface area contributed by atoms with Gasteiger partial charge in [0.15, 0.2) is 9.84 Å². The number of rotatable bonds is 1. The van der Waals surface area contributed by atoms with Crippen LogP contribution in [0.5, 0.6) is 0 Å². The van der Waals surface area contributed by atoms with Gasteiger partial charge in [-0.1, -0.05) is 20.8 Å². The second-order valence-electron chi connectivity index (χ2n) is 3.96. The van der Waals surface area contributed by atoms with Gasteiger partial charge in [0.1, 0.15) is 0 Å². The van der Waals surface area contributed by atoms with Crippen LogP contribution in [0.3, 0.4) is 0 Å². The Morgan fingerprint density at radius 1 is 1.27 bits per heavy atom. The Balaban J connectivity index is 2.75. The molecule has 66 valence electrons. The molecule has 0 aromatic carbocycles. The second-order valence-corrected chi connectivity index (χ2v) is 6.12. The van der Waals surface area contributed by atoms with Crippen molar-refractivity contribution in [3.63, 3.8) is 0 Å². The van der Waals surface area contributed by atoms with Crippen LogP contribution in [-0.4, -0.2) is 19.9 Å². The van der Waals surface area contributed by atoms with Gasteiger partial charge in [-0.25, -0.2) is 8.42 Å². The maximum Gasteiger partial charge on any atom is 0.150 e. The van der Waals surface area contributed by atoms with E-state index in [1.54, 1.807) is 0 Å². The third-order valence-corrected chi connectivity index (χ3v) is 4.48. The lowest BCUT2D eigenvalue weighted by molar-refractivity contribution is 0.341. The zero-order valence-corrected chi connectivity index (χ0v) is 8.19. The molecule has 1 aliphatic rings. The highest BCUT2D eigenvalue weighted by atomic mass is 32.2. The van der Waals surface area contributed by atoms with Gasteiger partial charge in [0.25, 0.3) is 0 Å². The van der Waals surface area contributed by atoms with Crippen LogP contribution in [0.1, 0.15) is 20.8 Å². The molecule has 0 saturated carbocycles. The van der Waals surface area contributed by atoms with Gasteiger partial charge >= 0.3 is 0 Å². The summed E-state index contributed by atoms with van der Waals surface area (Å²) in [6.45, 7) is 6.24. The van der Waals surface area contributed by atoms with Crippen LogP contribution in [0.25, 0.3) is 0 Å². The van der Waals surface area contributed by atoms with E-state index in [1.807, 2.05) is 6.92 Å². The maximum atomic E-state index is 11.2. The van der Waals surface area contributed by atoms with Crippen LogP contribution < -0.4 is 0 Å². The third kappa shape index (κ3) is 1.95. The van der Waals surface area contributed by atoms with E-state index in [1.165, 1.54) is 0 Å². The van der Waals surface area contributed by atoms with E-state index in [0.717, 1.165) is 0 Å². The summed E-state index contributed by atoms with van der Waals surface area (Å²) in [7, 11) is -2.69. The van der Waals surface area contributed by atoms with Gasteiger partial charge in [-0.3, -0.25) is 0 Å². The van der Waals surface area contributed by atoms with E-state index in [2.05, 4.69) is 13.8 Å². The molecular formula is C8H16O2S. The smallest absolute Gasteiger partial charge is 0.150 e. The average molecular weight is 176 g/mol. The van der Waals surface area contributed by atoms with Crippen LogP contribution in [0.2, 0.25) is 0 Å². The maximum absolute atomic E-state index is 11.2. The van der Waals surface area contributed by atoms with Gasteiger partial charge in [-0.2, -0.15) is 0 Å². The van der Waals surface area contributed by atoms with Crippen LogP contribution in [-0.2, 0) is 9.84 Å². The monoisotopic (exact) mass is 176 g/mol. The van der Waals surface area contributed by atoms with Gasteiger partial charge in [0, 0.05) is 0 Å². The first-order valence-electron chi connectivity index (χ1n) is 4.13. The van der Waals surface area contributed by atoms with Crippen molar-refractivity contribution in [3.8, 4) is 0 Å². The topological polar surface area (TPSA) is 34.1 Å². The summed E-state index contributed by atoms with van der Waals surface area (Å²) < 4.78 is 22.3. The molecule has 0 aromatic heterocycles. The fourth-order valence-electron chi connectivity index (χ4n) is 1.90. The molecule has 0 unspecified atom stereocenters. The first kappa shape index (κ1) is 9.04. The molecule has 1 saturated heterocycles. The summed E-state index contributed by atoms with van der Waals surface area (Å²) in [5, 5.41) is 0. The highest BCUT2D eigenvalue weighted by Crippen LogP contribution is 2.30. The fraction of sp³-hybridized carbons (Fsp3) is 1.00. The first-order chi connectivity index (χ1) is 4.92. The number of sulfone groups is 1. The van der Waals surface area contributed by atoms with E-state index in [0.29, 0.717) is 29.3 Å². The largest absolute Gasteiger partial charge is 0.229 e. The first-order valence-corrected chi connectivity index (χ1v) is 5.95. The minimum atomic E-state index is -2.69. The van der Waals surface area contributed by atoms with Gasteiger partial charge < -0.3 is 0 Å². The van der Waals surface area contributed by atoms with E-state index in [4.69, 9.17) is 0 Å². The lowest BCUT2D eigenvalue weighted by Crippen LogP contribution is -2.15. The molecule has 0 radical (unpaired) electrons. The predicted octanol–water partition coefficient (Wildman–Crippen LogP) is 1.32. The molecule has 0 bridgehead atoms. The van der Waals surface area contributed by atoms with Gasteiger partial charge in [0.05, 0.1) is 11.5 Å². The van der Waals surface area contributed by atoms with Crippen molar-refractivity contribution in [1.29, 1.82) is 0 Å². The van der Waals surface area contributed by atoms with E-state index in [9.17, 15) is 8.42 Å². The van der Waals surface area contributed by atoms with E-state index in [-0.39, 0.29) is 0 Å². The Hall–Kier alpha value is -0.0500. The zero-order chi connectivity index (χ0) is 8.65. The van der Waals surface area contributed by atoms with Crippen molar-refractivity contribution < 1.29 is 8.42 Å². The van der Waals surface area contributed by atoms with Crippen molar-refractivity contribution in [2.24, 2.45) is 17.8 Å². The summed E-state index contributed by atoms with van der Waals surface area (Å²) in [5.74, 6) is 2.06. The molecule has 1 aliphatic heterocycles. The normalized spacial score (nSPS) is 36.4. The molecule has 0 N–H and O–H groups in total. The van der Waals surface area contributed by atoms with E-state index < -0.39 is 9.84 Å². The summed E-state index contributed by atoms with van der Waals surface area (Å²) in [4.78, 5) is 0. The Morgan fingerprint density at radius 3 is 2.00 bits per heavy atom. The minimum Gasteiger partial charge on any atom is -0.229 e. The Labute approximate surface area is 68.9 Å². The Bertz CT molecular complexity index is 228. The van der Waals surface area contributed by atoms with Crippen molar-refractivity contribution in [3.05, 3.63) is 0 Å². The molecule has 2 nitrogen and oxygen atoms in total. The summed E-state index contributed by atoms with van der Waals surface area (Å²) in [6, 6.07) is 0. The lowest BCUT2D eigenvalue weighted by Gasteiger charge is -2.16. The van der Waals surface area contributed by atoms with Crippen LogP contribution >= 0.6 is 0 Å². The van der Waals surface area contributed by atoms with Gasteiger partial charge in [0.2, 0.25) is 0 Å². The Kier molecular flexibility index (Phi) is 2.28. The molecule has 3 heteroatoms. The van der Waals surface area contributed by atoms with Crippen molar-refractivity contribution in [1.82, 2.24) is 0 Å². The van der Waals surface area contributed by atoms with Gasteiger partial charge in [-0.15, -0.1) is 0 Å². The molecule has 11 heavy (non-hydrogen) atoms. The van der Waals surface area contributed by atoms with Crippen molar-refractivity contribution >= 4 is 9.84 Å². The van der Waals surface area contributed by atoms with E-state index >= 15 is 0 Å². The second kappa shape index (κ2) is 2.77. The van der Waals surface area contributed by atoms with Crippen LogP contribution in [0, 0.1) is 17.8 Å². The molecule has 1 heterocycles. The molecule has 2 atom stereocenters. The molecule has 1 fully saturated rings. The molecule has 0 aromatic rings. The standard InChI is InChI=1S/C8H16O2S/c1-6(2)8-5-11(9,10)4-7(8)3/h6-8H,4-5H2,1-3H3/t7-,8-/m1/s1. The highest BCUT2D eigenvalue weighted by Gasteiger charge is 2.35. The molecule has 0 amide bonds. The summed E-state index contributed by atoms with van der Waals surface area (Å²) >= 11 is 0. The predicted molar refractivity (Wildman–Crippen MR) is 46.1 cm³/mol. The molecule has 1 rings (SSSR count). The van der Waals surface area contributed by atoms with Crippen LogP contribution in [0.4, 0.5) is 0 Å². The van der Waals surface area contributed by atoms with Crippen molar-refractivity contribution in [2.45, 2.75) is 20.8 Å². The zero-order valence-electron chi connectivity index (χ0n) is 7.37. The fourth-order valence-corrected chi connectivity index (χ4v) is 4.38. The third-order valence-electron chi connectivity index (χ3n) is 2.55. The molecule has 0 spiro atoms. The number of hydrogen-bond acceptors (Lipinski definition) is 2. The van der Waals surface area contributed by atoms with Crippen LogP contribution in [0.15, 0.2) is 0 Å². The highest BCUT2D eigenvalue weighted by molar-refractivity contribution is 7.91. The number of hydrogen-bond donors (Lipinski definition) is 0. The lowest BCUT2D eigenvalue weighted by atomic mass is 9.88. The van der Waals surface area contributed by atoms with Gasteiger partial charge in [-0.05, 0) is 17.8 Å². The molecule has 0 aliphatic carbocycles. The minimum absolute atomic E-state index is 0.361. The average Bonchev–Trinajstić information content (AvgIpc) is 2.05. The SMILES string of the molecule is CC(C)[C@H]1CS(=O)(=O)C[C@H]1C. The molecular weight excluding hydrogens is 160 g/mol. The van der Waals surface area contributed by atoms with Crippen molar-refractivity contribution in [2.75, 3.05) is 11.5 Å². The quantitative estimate of drug-likeness (QED) is 0.604.